The van der Waals surface area contributed by atoms with Crippen LogP contribution in [0, 0.1) is 5.92 Å². The summed E-state index contributed by atoms with van der Waals surface area (Å²) in [5.41, 5.74) is 3.90. The summed E-state index contributed by atoms with van der Waals surface area (Å²) in [6.45, 7) is 11.4. The molecule has 1 N–H and O–H groups in total. The minimum atomic E-state index is 0.581. The van der Waals surface area contributed by atoms with Gasteiger partial charge in [-0.05, 0) is 12.8 Å². The number of nitrogens with one attached hydrogen (secondary N) is 1. The van der Waals surface area contributed by atoms with Crippen LogP contribution in [0.5, 0.6) is 0 Å². The maximum Gasteiger partial charge on any atom is 0.0705 e. The standard InChI is InChI=1S/C8H17NO/c1-7(2)5-9-10-6-8(3)4/h8-9H,1,5-6H2,2-4H3. The average Bonchev–Trinajstić information content (AvgIpc) is 1.79. The zero-order valence-corrected chi connectivity index (χ0v) is 7.11. The Bertz CT molecular complexity index is 99.4. The third-order valence-electron chi connectivity index (χ3n) is 0.893. The summed E-state index contributed by atoms with van der Waals surface area (Å²) in [7, 11) is 0. The third-order valence-corrected chi connectivity index (χ3v) is 0.893. The monoisotopic (exact) mass is 143 g/mol. The summed E-state index contributed by atoms with van der Waals surface area (Å²) >= 11 is 0. The molecule has 0 rings (SSSR count). The summed E-state index contributed by atoms with van der Waals surface area (Å²) in [5.74, 6) is 0.581. The van der Waals surface area contributed by atoms with Crippen LogP contribution in [0.1, 0.15) is 20.8 Å². The minimum Gasteiger partial charge on any atom is -0.301 e. The molecule has 0 saturated carbocycles. The SMILES string of the molecule is C=C(C)CNOCC(C)C. The van der Waals surface area contributed by atoms with Crippen LogP contribution in [-0.2, 0) is 4.84 Å². The molecule has 0 aliphatic carbocycles. The lowest BCUT2D eigenvalue weighted by atomic mass is 10.2. The molecule has 0 aliphatic rings. The summed E-state index contributed by atoms with van der Waals surface area (Å²) in [6.07, 6.45) is 0. The van der Waals surface area contributed by atoms with Crippen LogP contribution in [0.25, 0.3) is 0 Å². The van der Waals surface area contributed by atoms with Crippen molar-refractivity contribution in [2.75, 3.05) is 13.2 Å². The second-order valence-electron chi connectivity index (χ2n) is 2.98. The first-order valence-electron chi connectivity index (χ1n) is 3.62. The lowest BCUT2D eigenvalue weighted by molar-refractivity contribution is 0.0293. The Morgan fingerprint density at radius 2 is 2.20 bits per heavy atom. The van der Waals surface area contributed by atoms with E-state index in [4.69, 9.17) is 4.84 Å². The first kappa shape index (κ1) is 9.66. The molecule has 0 unspecified atom stereocenters. The highest BCUT2D eigenvalue weighted by molar-refractivity contribution is 4.88. The van der Waals surface area contributed by atoms with Gasteiger partial charge >= 0.3 is 0 Å². The van der Waals surface area contributed by atoms with Gasteiger partial charge in [0, 0.05) is 6.54 Å². The molecule has 60 valence electrons. The Labute approximate surface area is 63.2 Å². The van der Waals surface area contributed by atoms with Crippen molar-refractivity contribution < 1.29 is 4.84 Å². The molecule has 0 atom stereocenters. The van der Waals surface area contributed by atoms with E-state index >= 15 is 0 Å². The average molecular weight is 143 g/mol. The fourth-order valence-electron chi connectivity index (χ4n) is 0.400. The maximum atomic E-state index is 5.10. The summed E-state index contributed by atoms with van der Waals surface area (Å²) in [6, 6.07) is 0. The molecule has 0 bridgehead atoms. The molecule has 0 aromatic carbocycles. The van der Waals surface area contributed by atoms with Crippen molar-refractivity contribution in [3.05, 3.63) is 12.2 Å². The highest BCUT2D eigenvalue weighted by Crippen LogP contribution is 1.90. The third kappa shape index (κ3) is 7.66. The van der Waals surface area contributed by atoms with Crippen molar-refractivity contribution in [1.82, 2.24) is 5.48 Å². The van der Waals surface area contributed by atoms with E-state index in [1.165, 1.54) is 0 Å². The van der Waals surface area contributed by atoms with Crippen LogP contribution in [0.15, 0.2) is 12.2 Å². The van der Waals surface area contributed by atoms with Crippen LogP contribution in [0.4, 0.5) is 0 Å². The van der Waals surface area contributed by atoms with Crippen LogP contribution in [0.3, 0.4) is 0 Å². The zero-order valence-electron chi connectivity index (χ0n) is 7.11. The molecular weight excluding hydrogens is 126 g/mol. The van der Waals surface area contributed by atoms with Crippen molar-refractivity contribution >= 4 is 0 Å². The molecule has 0 aromatic heterocycles. The Kier molecular flexibility index (Phi) is 5.26. The van der Waals surface area contributed by atoms with Crippen LogP contribution in [-0.4, -0.2) is 13.2 Å². The normalized spacial score (nSPS) is 10.4. The van der Waals surface area contributed by atoms with Crippen molar-refractivity contribution in [2.24, 2.45) is 5.92 Å². The molecule has 0 amide bonds. The van der Waals surface area contributed by atoms with Gasteiger partial charge in [-0.25, -0.2) is 0 Å². The first-order chi connectivity index (χ1) is 4.63. The molecule has 10 heavy (non-hydrogen) atoms. The van der Waals surface area contributed by atoms with Gasteiger partial charge in [-0.2, -0.15) is 5.48 Å². The second-order valence-corrected chi connectivity index (χ2v) is 2.98. The van der Waals surface area contributed by atoms with E-state index in [0.29, 0.717) is 5.92 Å². The summed E-state index contributed by atoms with van der Waals surface area (Å²) < 4.78 is 0. The first-order valence-corrected chi connectivity index (χ1v) is 3.62. The fourth-order valence-corrected chi connectivity index (χ4v) is 0.400. The van der Waals surface area contributed by atoms with E-state index in [1.807, 2.05) is 6.92 Å². The fraction of sp³-hybridized carbons (Fsp3) is 0.750. The predicted molar refractivity (Wildman–Crippen MR) is 43.6 cm³/mol. The predicted octanol–water partition coefficient (Wildman–Crippen LogP) is 1.74. The molecule has 0 heterocycles. The topological polar surface area (TPSA) is 21.3 Å². The molecule has 2 heteroatoms. The van der Waals surface area contributed by atoms with Crippen LogP contribution >= 0.6 is 0 Å². The number of hydrogen-bond donors (Lipinski definition) is 1. The second kappa shape index (κ2) is 5.45. The number of hydroxylamine groups is 1. The molecule has 2 nitrogen and oxygen atoms in total. The van der Waals surface area contributed by atoms with Gasteiger partial charge in [-0.3, -0.25) is 0 Å². The molecule has 0 saturated heterocycles. The minimum absolute atomic E-state index is 0.581. The Morgan fingerprint density at radius 3 is 2.60 bits per heavy atom. The van der Waals surface area contributed by atoms with E-state index in [0.717, 1.165) is 18.7 Å². The number of hydrogen-bond acceptors (Lipinski definition) is 2. The van der Waals surface area contributed by atoms with Gasteiger partial charge in [-0.1, -0.05) is 26.0 Å². The van der Waals surface area contributed by atoms with Gasteiger partial charge in [0.05, 0.1) is 6.61 Å². The van der Waals surface area contributed by atoms with E-state index in [-0.39, 0.29) is 0 Å². The zero-order chi connectivity index (χ0) is 7.98. The van der Waals surface area contributed by atoms with Gasteiger partial charge in [-0.15, -0.1) is 0 Å². The molecular formula is C8H17NO. The Balaban J connectivity index is 2.98. The smallest absolute Gasteiger partial charge is 0.0705 e. The molecule has 0 fully saturated rings. The summed E-state index contributed by atoms with van der Waals surface area (Å²) in [5, 5.41) is 0. The van der Waals surface area contributed by atoms with Gasteiger partial charge in [0.2, 0.25) is 0 Å². The van der Waals surface area contributed by atoms with Crippen molar-refractivity contribution in [1.29, 1.82) is 0 Å². The van der Waals surface area contributed by atoms with Crippen LogP contribution in [0.2, 0.25) is 0 Å². The lowest BCUT2D eigenvalue weighted by Gasteiger charge is -2.06. The molecule has 0 aromatic rings. The van der Waals surface area contributed by atoms with Crippen molar-refractivity contribution in [3.8, 4) is 0 Å². The van der Waals surface area contributed by atoms with Crippen molar-refractivity contribution in [3.63, 3.8) is 0 Å². The van der Waals surface area contributed by atoms with E-state index in [1.54, 1.807) is 0 Å². The highest BCUT2D eigenvalue weighted by atomic mass is 16.6. The lowest BCUT2D eigenvalue weighted by Crippen LogP contribution is -2.19. The van der Waals surface area contributed by atoms with Gasteiger partial charge in [0.1, 0.15) is 0 Å². The summed E-state index contributed by atoms with van der Waals surface area (Å²) in [4.78, 5) is 5.10. The Hall–Kier alpha value is -0.340. The van der Waals surface area contributed by atoms with E-state index < -0.39 is 0 Å². The van der Waals surface area contributed by atoms with Gasteiger partial charge in [0.25, 0.3) is 0 Å². The molecule has 0 radical (unpaired) electrons. The quantitative estimate of drug-likeness (QED) is 0.359. The maximum absolute atomic E-state index is 5.10. The van der Waals surface area contributed by atoms with E-state index in [2.05, 4.69) is 25.9 Å². The number of rotatable bonds is 5. The van der Waals surface area contributed by atoms with Gasteiger partial charge in [0.15, 0.2) is 0 Å². The Morgan fingerprint density at radius 1 is 1.60 bits per heavy atom. The highest BCUT2D eigenvalue weighted by Gasteiger charge is 1.91. The van der Waals surface area contributed by atoms with E-state index in [9.17, 15) is 0 Å². The van der Waals surface area contributed by atoms with Gasteiger partial charge < -0.3 is 4.84 Å². The molecule has 0 spiro atoms. The van der Waals surface area contributed by atoms with Crippen LogP contribution < -0.4 is 5.48 Å². The largest absolute Gasteiger partial charge is 0.301 e. The van der Waals surface area contributed by atoms with Crippen molar-refractivity contribution in [2.45, 2.75) is 20.8 Å². The molecule has 0 aliphatic heterocycles.